The number of aryl methyl sites for hydroxylation is 1. The molecular weight excluding hydrogens is 649 g/mol. The molecule has 7 N–H and O–H groups in total. The summed E-state index contributed by atoms with van der Waals surface area (Å²) in [5.74, 6) is -4.28. The Morgan fingerprint density at radius 3 is 2.12 bits per heavy atom. The summed E-state index contributed by atoms with van der Waals surface area (Å²) in [5.41, 5.74) is 3.30. The number of aliphatic hydroxyl groups is 3. The van der Waals surface area contributed by atoms with Crippen LogP contribution in [-0.2, 0) is 30.8 Å². The molecule has 4 atom stereocenters. The summed E-state index contributed by atoms with van der Waals surface area (Å²) in [6, 6.07) is 2.02. The number of Topliss-reactive ketones (excluding diaryl/α,β-unsaturated/α-hetero) is 2. The number of fused-ring (bicyclic) bond motifs is 3. The van der Waals surface area contributed by atoms with Crippen LogP contribution in [0.1, 0.15) is 23.1 Å². The van der Waals surface area contributed by atoms with Crippen molar-refractivity contribution in [3.8, 4) is 18.1 Å². The Morgan fingerprint density at radius 2 is 1.72 bits per heavy atom. The smallest absolute Gasteiger partial charge is 0.255 e. The van der Waals surface area contributed by atoms with Gasteiger partial charge in [0.15, 0.2) is 11.4 Å². The van der Waals surface area contributed by atoms with Gasteiger partial charge in [-0.3, -0.25) is 19.3 Å². The number of phenols is 1. The van der Waals surface area contributed by atoms with E-state index >= 15 is 0 Å². The van der Waals surface area contributed by atoms with E-state index < -0.39 is 87.2 Å². The summed E-state index contributed by atoms with van der Waals surface area (Å²) < 4.78 is 22.5. The second-order valence-corrected chi connectivity index (χ2v) is 14.3. The number of phenolic OH excluding ortho intramolecular Hbond substituents is 1. The molecule has 243 valence electrons. The number of nitrogens with zero attached hydrogens (tertiary/aromatic N) is 1. The number of terminal acetylenes is 1. The molecule has 0 unspecified atom stereocenters. The predicted octanol–water partition coefficient (Wildman–Crippen LogP) is -4.75. The summed E-state index contributed by atoms with van der Waals surface area (Å²) >= 11 is 0. The van der Waals surface area contributed by atoms with Crippen LogP contribution in [-0.4, -0.2) is 169 Å². The van der Waals surface area contributed by atoms with Crippen molar-refractivity contribution >= 4 is 112 Å². The van der Waals surface area contributed by atoms with Gasteiger partial charge in [-0.25, -0.2) is 13.1 Å². The molecule has 24 heteroatoms. The molecule has 1 saturated carbocycles. The lowest BCUT2D eigenvalue weighted by atomic mass is 8.56. The molecule has 1 aromatic rings. The molecule has 4 rings (SSSR count). The zero-order valence-corrected chi connectivity index (χ0v) is 29.0. The maximum Gasteiger partial charge on any atom is 0.255 e. The van der Waals surface area contributed by atoms with Crippen molar-refractivity contribution in [2.45, 2.75) is 31.4 Å². The quantitative estimate of drug-likeness (QED) is 0.0879. The number of rotatable bonds is 8. The van der Waals surface area contributed by atoms with Crippen LogP contribution in [0.15, 0.2) is 29.0 Å². The Bertz CT molecular complexity index is 1710. The first-order valence-electron chi connectivity index (χ1n) is 15.2. The number of hydrogen-bond donors (Lipinski definition) is 6. The third-order valence-corrected chi connectivity index (χ3v) is 9.50. The van der Waals surface area contributed by atoms with Crippen LogP contribution >= 0.6 is 0 Å². The molecular formula is C26H31B11N3O9S. The van der Waals surface area contributed by atoms with Crippen LogP contribution in [0, 0.1) is 31.1 Å². The Labute approximate surface area is 303 Å². The lowest BCUT2D eigenvalue weighted by Crippen LogP contribution is -2.65. The number of primary amides is 1. The van der Waals surface area contributed by atoms with Crippen LogP contribution in [0.5, 0.6) is 5.75 Å². The second-order valence-electron chi connectivity index (χ2n) is 12.5. The molecule has 3 aliphatic carbocycles. The number of nitrogens with one attached hydrogen (secondary N) is 1. The largest absolute Gasteiger partial charge is 0.508 e. The maximum absolute atomic E-state index is 13.6. The van der Waals surface area contributed by atoms with Crippen molar-refractivity contribution in [2.24, 2.45) is 17.6 Å². The lowest BCUT2D eigenvalue weighted by molar-refractivity contribution is -0.153. The highest BCUT2D eigenvalue weighted by molar-refractivity contribution is 8.02. The summed E-state index contributed by atoms with van der Waals surface area (Å²) in [6.45, 7) is 1.89. The molecule has 0 spiro atoms. The van der Waals surface area contributed by atoms with Gasteiger partial charge in [-0.05, 0) is 57.0 Å². The van der Waals surface area contributed by atoms with Crippen molar-refractivity contribution in [3.05, 3.63) is 45.7 Å². The number of sulfonamides is 1. The van der Waals surface area contributed by atoms with E-state index in [0.717, 1.165) is 11.8 Å². The van der Waals surface area contributed by atoms with E-state index in [1.54, 1.807) is 20.2 Å². The van der Waals surface area contributed by atoms with Gasteiger partial charge in [0.25, 0.3) is 5.91 Å². The number of aromatic hydroxyl groups is 1. The highest BCUT2D eigenvalue weighted by atomic mass is 32.2. The van der Waals surface area contributed by atoms with Gasteiger partial charge in [-0.2, -0.15) is 0 Å². The Balaban J connectivity index is 0.000000376. The molecule has 12 nitrogen and oxygen atoms in total. The van der Waals surface area contributed by atoms with Crippen molar-refractivity contribution in [2.75, 3.05) is 26.9 Å². The van der Waals surface area contributed by atoms with Gasteiger partial charge in [0, 0.05) is 90.5 Å². The van der Waals surface area contributed by atoms with E-state index in [0.29, 0.717) is 12.0 Å². The second kappa shape index (κ2) is 17.0. The Morgan fingerprint density at radius 1 is 1.16 bits per heavy atom. The molecule has 0 bridgehead atoms. The number of aliphatic hydroxyl groups excluding tert-OH is 2. The normalized spacial score (nSPS) is 22.3. The fraction of sp³-hybridized carbons (Fsp3) is 0.423. The number of hydrogen-bond acceptors (Lipinski definition) is 10. The third-order valence-electron chi connectivity index (χ3n) is 8.83. The molecule has 0 aromatic heterocycles. The molecule has 13 radical (unpaired) electrons. The van der Waals surface area contributed by atoms with Crippen molar-refractivity contribution < 1.29 is 43.2 Å². The molecule has 0 aliphatic heterocycles. The summed E-state index contributed by atoms with van der Waals surface area (Å²) in [6.07, 6.45) is 4.05. The number of ketones is 2. The summed E-state index contributed by atoms with van der Waals surface area (Å²) in [7, 11) is 33.5. The van der Waals surface area contributed by atoms with Crippen LogP contribution < -0.4 is 10.5 Å². The van der Waals surface area contributed by atoms with Crippen molar-refractivity contribution in [1.82, 2.24) is 9.62 Å². The van der Waals surface area contributed by atoms with Gasteiger partial charge in [-0.15, -0.1) is 6.42 Å². The molecule has 1 fully saturated rings. The van der Waals surface area contributed by atoms with Gasteiger partial charge < -0.3 is 26.2 Å². The highest BCUT2D eigenvalue weighted by Crippen LogP contribution is 2.52. The van der Waals surface area contributed by atoms with Crippen LogP contribution in [0.3, 0.4) is 0 Å². The number of nitrogens with two attached hydrogens (primary N) is 1. The van der Waals surface area contributed by atoms with E-state index in [9.17, 15) is 43.2 Å². The number of likely N-dealkylation sites (N-methyl/N-ethyl adjacent to an activating group) is 1. The lowest BCUT2D eigenvalue weighted by Gasteiger charge is -2.50. The van der Waals surface area contributed by atoms with E-state index in [4.69, 9.17) is 58.6 Å². The number of carbonyl (C=O) groups is 3. The van der Waals surface area contributed by atoms with E-state index in [1.807, 2.05) is 6.92 Å². The molecule has 0 heterocycles. The molecule has 0 saturated heterocycles. The standard InChI is InChI=1S/C22H24N2O7.C4H7NO2S.B11/c1-8-4-5-12(25)14-10(8)6-9-7-11-16(24(2)3)18(27)15(21(23)30)20(29)22(11,31)19(28)13(9)17(14)26;1-3-4-5-8(2,6)7;1-7-10(6)11(8(2)3)9(4)5/h4-5,9,11,16,25-26,29,31H,6-7H2,1-3H3,(H2,23,30);1,5H,4H2,2H3;/t9-,11-,16-,22-;;/m0../s1. The minimum absolute atomic E-state index is 0.0683. The number of benzene rings is 1. The minimum Gasteiger partial charge on any atom is -0.508 e. The summed E-state index contributed by atoms with van der Waals surface area (Å²) in [4.78, 5) is 39.9. The molecule has 50 heavy (non-hydrogen) atoms. The van der Waals surface area contributed by atoms with Gasteiger partial charge >= 0.3 is 0 Å². The van der Waals surface area contributed by atoms with E-state index in [2.05, 4.69) is 10.6 Å². The molecule has 1 aromatic carbocycles. The van der Waals surface area contributed by atoms with Crippen LogP contribution in [0.25, 0.3) is 5.76 Å². The Kier molecular flexibility index (Phi) is 14.7. The monoisotopic (exact) mass is 682 g/mol. The number of amides is 1. The average molecular weight is 681 g/mol. The Hall–Kier alpha value is -2.99. The zero-order valence-electron chi connectivity index (χ0n) is 28.2. The average Bonchev–Trinajstić information content (AvgIpc) is 2.99. The van der Waals surface area contributed by atoms with Crippen LogP contribution in [0.4, 0.5) is 0 Å². The third kappa shape index (κ3) is 8.89. The van der Waals surface area contributed by atoms with Crippen molar-refractivity contribution in [1.29, 1.82) is 0 Å². The molecule has 3 aliphatic rings. The SMILES string of the molecule is C#CCNS(C)(=O)=O.Cc1ccc(O)c2c1C[C@H]1C[C@H]3[C@H](N(C)C)C(=O)C(C(N)=O)=C(O)[C@@]3(O)C(=O)C1=C2O.[B][B]B([B])B(B([B])[B])B([B])[B]. The first-order valence-corrected chi connectivity index (χ1v) is 17.1. The fourth-order valence-electron chi connectivity index (χ4n) is 6.47. The molecule has 1 amide bonds. The van der Waals surface area contributed by atoms with Crippen molar-refractivity contribution in [3.63, 3.8) is 0 Å². The van der Waals surface area contributed by atoms with E-state index in [-0.39, 0.29) is 36.2 Å². The fourth-order valence-corrected chi connectivity index (χ4v) is 6.82. The predicted molar refractivity (Wildman–Crippen MR) is 204 cm³/mol. The van der Waals surface area contributed by atoms with E-state index in [1.165, 1.54) is 18.0 Å². The zero-order chi connectivity index (χ0) is 38.6. The van der Waals surface area contributed by atoms with Crippen LogP contribution in [0.2, 0.25) is 0 Å². The van der Waals surface area contributed by atoms with Gasteiger partial charge in [0.2, 0.25) is 15.8 Å². The highest BCUT2D eigenvalue weighted by Gasteiger charge is 2.64. The first kappa shape index (κ1) is 43.2. The van der Waals surface area contributed by atoms with Gasteiger partial charge in [0.05, 0.1) is 24.4 Å². The summed E-state index contributed by atoms with van der Waals surface area (Å²) in [5, 5.41) is 43.4. The topological polar surface area (TPSA) is 208 Å². The minimum atomic E-state index is -3.08. The number of carbonyl (C=O) groups excluding carboxylic acids is 3. The maximum atomic E-state index is 13.6. The van der Waals surface area contributed by atoms with Gasteiger partial charge in [0.1, 0.15) is 22.8 Å². The first-order chi connectivity index (χ1) is 23.0. The van der Waals surface area contributed by atoms with Gasteiger partial charge in [-0.1, -0.05) is 12.0 Å².